The molecule has 2 aromatic rings. The molecule has 0 radical (unpaired) electrons. The van der Waals surface area contributed by atoms with E-state index in [2.05, 4.69) is 9.98 Å². The fourth-order valence-electron chi connectivity index (χ4n) is 3.05. The van der Waals surface area contributed by atoms with Gasteiger partial charge in [0.1, 0.15) is 6.54 Å². The lowest BCUT2D eigenvalue weighted by Gasteiger charge is -2.13. The van der Waals surface area contributed by atoms with Crippen LogP contribution in [0.25, 0.3) is 5.57 Å². The molecular formula is C19H13ClN4O4S. The molecule has 0 bridgehead atoms. The van der Waals surface area contributed by atoms with Crippen LogP contribution in [0.5, 0.6) is 0 Å². The first-order chi connectivity index (χ1) is 13.9. The minimum atomic E-state index is -1.14. The highest BCUT2D eigenvalue weighted by atomic mass is 35.5. The van der Waals surface area contributed by atoms with Crippen LogP contribution in [0.15, 0.2) is 52.6 Å². The largest absolute Gasteiger partial charge is 0.480 e. The van der Waals surface area contributed by atoms with Crippen LogP contribution in [0.1, 0.15) is 5.56 Å². The van der Waals surface area contributed by atoms with Crippen LogP contribution in [0.2, 0.25) is 5.02 Å². The number of carbonyl (C=O) groups is 3. The highest BCUT2D eigenvalue weighted by Crippen LogP contribution is 2.44. The van der Waals surface area contributed by atoms with Crippen LogP contribution < -0.4 is 4.90 Å². The summed E-state index contributed by atoms with van der Waals surface area (Å²) >= 11 is 7.15. The maximum atomic E-state index is 13.0. The molecule has 1 aromatic heterocycles. The monoisotopic (exact) mass is 428 g/mol. The number of aliphatic imine (C=N–C) groups is 1. The van der Waals surface area contributed by atoms with Crippen LogP contribution in [-0.4, -0.2) is 51.5 Å². The van der Waals surface area contributed by atoms with Crippen LogP contribution in [0.3, 0.4) is 0 Å². The number of hydrogen-bond acceptors (Lipinski definition) is 6. The van der Waals surface area contributed by atoms with Crippen LogP contribution in [0.4, 0.5) is 11.4 Å². The minimum Gasteiger partial charge on any atom is -0.480 e. The molecule has 1 saturated heterocycles. The lowest BCUT2D eigenvalue weighted by Crippen LogP contribution is -2.32. The maximum Gasteiger partial charge on any atom is 0.323 e. The second-order valence-corrected chi connectivity index (χ2v) is 7.58. The van der Waals surface area contributed by atoms with Gasteiger partial charge in [0.25, 0.3) is 11.8 Å². The Bertz CT molecular complexity index is 1130. The van der Waals surface area contributed by atoms with Gasteiger partial charge in [-0.25, -0.2) is 4.99 Å². The zero-order valence-electron chi connectivity index (χ0n) is 15.0. The van der Waals surface area contributed by atoms with E-state index in [1.807, 2.05) is 0 Å². The first kappa shape index (κ1) is 19.2. The lowest BCUT2D eigenvalue weighted by atomic mass is 10.1. The number of aromatic nitrogens is 1. The normalized spacial score (nSPS) is 20.0. The van der Waals surface area contributed by atoms with E-state index >= 15 is 0 Å². The van der Waals surface area contributed by atoms with Gasteiger partial charge >= 0.3 is 5.97 Å². The van der Waals surface area contributed by atoms with Gasteiger partial charge in [-0.2, -0.15) is 0 Å². The van der Waals surface area contributed by atoms with Gasteiger partial charge in [0.2, 0.25) is 0 Å². The van der Waals surface area contributed by atoms with E-state index in [0.717, 1.165) is 16.7 Å². The predicted molar refractivity (Wildman–Crippen MR) is 110 cm³/mol. The Morgan fingerprint density at radius 3 is 2.72 bits per heavy atom. The number of nitrogens with zero attached hydrogens (tertiary/aromatic N) is 4. The average molecular weight is 429 g/mol. The topological polar surface area (TPSA) is 103 Å². The van der Waals surface area contributed by atoms with Crippen molar-refractivity contribution in [2.45, 2.75) is 0 Å². The second kappa shape index (κ2) is 7.34. The van der Waals surface area contributed by atoms with E-state index in [-0.39, 0.29) is 10.5 Å². The summed E-state index contributed by atoms with van der Waals surface area (Å²) in [5, 5.41) is 9.85. The van der Waals surface area contributed by atoms with Gasteiger partial charge in [-0.3, -0.25) is 29.2 Å². The van der Waals surface area contributed by atoms with Crippen molar-refractivity contribution in [3.05, 3.63) is 58.2 Å². The van der Waals surface area contributed by atoms with E-state index in [1.54, 1.807) is 37.4 Å². The Labute approximate surface area is 174 Å². The van der Waals surface area contributed by atoms with E-state index in [9.17, 15) is 14.4 Å². The molecule has 1 fully saturated rings. The van der Waals surface area contributed by atoms with Crippen LogP contribution in [-0.2, 0) is 14.4 Å². The fourth-order valence-corrected chi connectivity index (χ4v) is 4.28. The first-order valence-electron chi connectivity index (χ1n) is 8.40. The number of thioether (sulfide) groups is 1. The van der Waals surface area contributed by atoms with Gasteiger partial charge in [0, 0.05) is 25.0 Å². The van der Waals surface area contributed by atoms with Crippen molar-refractivity contribution in [2.75, 3.05) is 18.5 Å². The third-order valence-electron chi connectivity index (χ3n) is 4.39. The Morgan fingerprint density at radius 2 is 2.00 bits per heavy atom. The molecule has 2 aliphatic heterocycles. The summed E-state index contributed by atoms with van der Waals surface area (Å²) in [5.74, 6) is -2.06. The van der Waals surface area contributed by atoms with Gasteiger partial charge < -0.3 is 5.11 Å². The van der Waals surface area contributed by atoms with Crippen molar-refractivity contribution in [1.82, 2.24) is 9.88 Å². The van der Waals surface area contributed by atoms with Crippen molar-refractivity contribution < 1.29 is 19.5 Å². The number of anilines is 1. The highest BCUT2D eigenvalue weighted by molar-refractivity contribution is 8.18. The third-order valence-corrected chi connectivity index (χ3v) is 5.81. The lowest BCUT2D eigenvalue weighted by molar-refractivity contribution is -0.136. The van der Waals surface area contributed by atoms with Crippen LogP contribution >= 0.6 is 23.4 Å². The number of hydrogen-bond donors (Lipinski definition) is 1. The molecule has 1 aromatic carbocycles. The number of halogens is 1. The van der Waals surface area contributed by atoms with E-state index < -0.39 is 24.3 Å². The van der Waals surface area contributed by atoms with Crippen LogP contribution in [0, 0.1) is 0 Å². The number of fused-ring (bicyclic) bond motifs is 1. The summed E-state index contributed by atoms with van der Waals surface area (Å²) in [6, 6.07) is 8.41. The number of amidine groups is 1. The SMILES string of the molecule is CN1C(=O)/C(=C2/C(=O)N(CC(=O)O)c3ccccc32)SC1=Nc1ccncc1Cl. The number of para-hydroxylation sites is 1. The Morgan fingerprint density at radius 1 is 1.24 bits per heavy atom. The molecular weight excluding hydrogens is 416 g/mol. The molecule has 0 spiro atoms. The van der Waals surface area contributed by atoms with Gasteiger partial charge in [0.15, 0.2) is 5.17 Å². The van der Waals surface area contributed by atoms with E-state index in [0.29, 0.717) is 27.1 Å². The quantitative estimate of drug-likeness (QED) is 0.754. The number of likely N-dealkylation sites (N-methyl/N-ethyl adjacent to an activating group) is 1. The smallest absolute Gasteiger partial charge is 0.323 e. The van der Waals surface area contributed by atoms with Crippen molar-refractivity contribution in [3.8, 4) is 0 Å². The summed E-state index contributed by atoms with van der Waals surface area (Å²) < 4.78 is 0. The number of aliphatic carboxylic acids is 1. The third kappa shape index (κ3) is 3.28. The number of benzene rings is 1. The number of pyridine rings is 1. The molecule has 2 aliphatic rings. The zero-order valence-corrected chi connectivity index (χ0v) is 16.6. The van der Waals surface area contributed by atoms with Crippen molar-refractivity contribution in [1.29, 1.82) is 0 Å². The van der Waals surface area contributed by atoms with E-state index in [4.69, 9.17) is 16.7 Å². The molecule has 8 nitrogen and oxygen atoms in total. The highest BCUT2D eigenvalue weighted by Gasteiger charge is 2.41. The Hall–Kier alpha value is -3.17. The standard InChI is InChI=1S/C19H13ClN4O4S/c1-23-18(28)16(29-19(23)22-12-6-7-21-8-11(12)20)15-10-4-2-3-5-13(10)24(17(15)27)9-14(25)26/h2-8H,9H2,1H3,(H,25,26)/b16-15-,22-19?. The van der Waals surface area contributed by atoms with Crippen molar-refractivity contribution in [3.63, 3.8) is 0 Å². The van der Waals surface area contributed by atoms with Crippen molar-refractivity contribution >= 4 is 63.3 Å². The number of rotatable bonds is 3. The van der Waals surface area contributed by atoms with Gasteiger partial charge in [-0.15, -0.1) is 0 Å². The zero-order chi connectivity index (χ0) is 20.7. The minimum absolute atomic E-state index is 0.176. The number of carboxylic acids is 1. The number of carboxylic acid groups (broad SMARTS) is 1. The molecule has 29 heavy (non-hydrogen) atoms. The molecule has 0 saturated carbocycles. The Kier molecular flexibility index (Phi) is 4.85. The summed E-state index contributed by atoms with van der Waals surface area (Å²) in [6.07, 6.45) is 2.98. The molecule has 2 amide bonds. The summed E-state index contributed by atoms with van der Waals surface area (Å²) in [6.45, 7) is -0.491. The summed E-state index contributed by atoms with van der Waals surface area (Å²) in [4.78, 5) is 48.1. The molecule has 4 rings (SSSR count). The second-order valence-electron chi connectivity index (χ2n) is 6.19. The molecule has 10 heteroatoms. The average Bonchev–Trinajstić information content (AvgIpc) is 3.12. The Balaban J connectivity index is 1.81. The molecule has 0 unspecified atom stereocenters. The molecule has 3 heterocycles. The summed E-state index contributed by atoms with van der Waals surface area (Å²) in [5.41, 5.74) is 1.60. The summed E-state index contributed by atoms with van der Waals surface area (Å²) in [7, 11) is 1.55. The van der Waals surface area contributed by atoms with E-state index in [1.165, 1.54) is 17.3 Å². The molecule has 0 atom stereocenters. The van der Waals surface area contributed by atoms with Gasteiger partial charge in [-0.05, 0) is 23.9 Å². The maximum absolute atomic E-state index is 13.0. The number of amides is 2. The first-order valence-corrected chi connectivity index (χ1v) is 9.59. The predicted octanol–water partition coefficient (Wildman–Crippen LogP) is 2.77. The van der Waals surface area contributed by atoms with Crippen molar-refractivity contribution in [2.24, 2.45) is 4.99 Å². The molecule has 1 N–H and O–H groups in total. The number of carbonyl (C=O) groups excluding carboxylic acids is 2. The van der Waals surface area contributed by atoms with Gasteiger partial charge in [0.05, 0.1) is 26.9 Å². The van der Waals surface area contributed by atoms with Gasteiger partial charge in [-0.1, -0.05) is 29.8 Å². The molecule has 0 aliphatic carbocycles. The molecule has 146 valence electrons. The fraction of sp³-hybridized carbons (Fsp3) is 0.105.